The van der Waals surface area contributed by atoms with Crippen molar-refractivity contribution in [1.29, 1.82) is 0 Å². The molecular formula is C26H31F3O. The number of benzene rings is 2. The zero-order valence-electron chi connectivity index (χ0n) is 17.7. The van der Waals surface area contributed by atoms with Gasteiger partial charge >= 0.3 is 6.61 Å². The molecule has 0 aromatic heterocycles. The second-order valence-electron chi connectivity index (χ2n) is 8.22. The first-order valence-electron chi connectivity index (χ1n) is 10.9. The molecule has 0 radical (unpaired) electrons. The lowest BCUT2D eigenvalue weighted by Gasteiger charge is -2.29. The molecule has 1 saturated carbocycles. The summed E-state index contributed by atoms with van der Waals surface area (Å²) in [5, 5.41) is 1.08. The van der Waals surface area contributed by atoms with E-state index >= 15 is 4.39 Å². The quantitative estimate of drug-likeness (QED) is 0.373. The van der Waals surface area contributed by atoms with Crippen molar-refractivity contribution in [1.82, 2.24) is 0 Å². The number of alkyl halides is 2. The summed E-state index contributed by atoms with van der Waals surface area (Å²) in [7, 11) is 0. The van der Waals surface area contributed by atoms with Gasteiger partial charge in [-0.1, -0.05) is 36.4 Å². The van der Waals surface area contributed by atoms with Crippen LogP contribution in [0.15, 0.2) is 49.1 Å². The summed E-state index contributed by atoms with van der Waals surface area (Å²) in [5.74, 6) is 0.676. The summed E-state index contributed by atoms with van der Waals surface area (Å²) >= 11 is 0. The molecule has 0 amide bonds. The lowest BCUT2D eigenvalue weighted by atomic mass is 9.77. The van der Waals surface area contributed by atoms with Crippen molar-refractivity contribution < 1.29 is 17.9 Å². The van der Waals surface area contributed by atoms with Gasteiger partial charge in [0.25, 0.3) is 0 Å². The molecule has 162 valence electrons. The van der Waals surface area contributed by atoms with Crippen LogP contribution in [0.4, 0.5) is 13.2 Å². The average Bonchev–Trinajstić information content (AvgIpc) is 2.73. The van der Waals surface area contributed by atoms with Gasteiger partial charge in [-0.2, -0.15) is 8.78 Å². The lowest BCUT2D eigenvalue weighted by Crippen LogP contribution is -2.13. The third-order valence-corrected chi connectivity index (χ3v) is 6.27. The summed E-state index contributed by atoms with van der Waals surface area (Å²) in [6.07, 6.45) is 13.8. The molecule has 0 aliphatic heterocycles. The highest BCUT2D eigenvalue weighted by Crippen LogP contribution is 2.40. The van der Waals surface area contributed by atoms with Crippen LogP contribution >= 0.6 is 0 Å². The van der Waals surface area contributed by atoms with Gasteiger partial charge in [0.1, 0.15) is 11.6 Å². The van der Waals surface area contributed by atoms with Gasteiger partial charge in [-0.15, -0.1) is 6.58 Å². The summed E-state index contributed by atoms with van der Waals surface area (Å²) in [6.45, 7) is 2.71. The molecule has 4 heteroatoms. The Morgan fingerprint density at radius 2 is 1.90 bits per heavy atom. The fourth-order valence-electron chi connectivity index (χ4n) is 4.62. The maximum Gasteiger partial charge on any atom is 0.387 e. The number of hydrogen-bond acceptors (Lipinski definition) is 1. The van der Waals surface area contributed by atoms with Gasteiger partial charge in [-0.3, -0.25) is 0 Å². The molecule has 0 N–H and O–H groups in total. The number of rotatable bonds is 9. The molecule has 1 fully saturated rings. The number of ether oxygens (including phenoxy) is 1. The molecule has 0 unspecified atom stereocenters. The van der Waals surface area contributed by atoms with E-state index in [0.29, 0.717) is 23.1 Å². The van der Waals surface area contributed by atoms with Gasteiger partial charge in [0.15, 0.2) is 0 Å². The largest absolute Gasteiger partial charge is 0.434 e. The molecule has 2 aromatic carbocycles. The fourth-order valence-corrected chi connectivity index (χ4v) is 4.62. The number of fused-ring (bicyclic) bond motifs is 1. The first-order chi connectivity index (χ1) is 14.5. The van der Waals surface area contributed by atoms with Gasteiger partial charge in [0.2, 0.25) is 0 Å². The second-order valence-corrected chi connectivity index (χ2v) is 8.22. The zero-order valence-corrected chi connectivity index (χ0v) is 17.7. The maximum atomic E-state index is 15.1. The maximum absolute atomic E-state index is 15.1. The van der Waals surface area contributed by atoms with E-state index in [2.05, 4.69) is 30.4 Å². The van der Waals surface area contributed by atoms with Crippen LogP contribution in [0.3, 0.4) is 0 Å². The minimum Gasteiger partial charge on any atom is -0.434 e. The van der Waals surface area contributed by atoms with E-state index in [-0.39, 0.29) is 17.7 Å². The van der Waals surface area contributed by atoms with Crippen molar-refractivity contribution in [2.75, 3.05) is 0 Å². The molecule has 0 atom stereocenters. The molecule has 30 heavy (non-hydrogen) atoms. The summed E-state index contributed by atoms with van der Waals surface area (Å²) < 4.78 is 45.6. The van der Waals surface area contributed by atoms with Crippen molar-refractivity contribution >= 4 is 10.8 Å². The number of allylic oxidation sites excluding steroid dienone is 3. The van der Waals surface area contributed by atoms with Crippen molar-refractivity contribution in [2.24, 2.45) is 5.92 Å². The second kappa shape index (κ2) is 10.7. The zero-order chi connectivity index (χ0) is 21.5. The van der Waals surface area contributed by atoms with E-state index in [1.165, 1.54) is 19.3 Å². The van der Waals surface area contributed by atoms with E-state index in [9.17, 15) is 8.78 Å². The fraction of sp³-hybridized carbons (Fsp3) is 0.462. The van der Waals surface area contributed by atoms with Gasteiger partial charge in [0.05, 0.1) is 0 Å². The van der Waals surface area contributed by atoms with Crippen LogP contribution in [0.25, 0.3) is 10.8 Å². The van der Waals surface area contributed by atoms with Crippen LogP contribution in [0.1, 0.15) is 68.9 Å². The number of hydrogen-bond donors (Lipinski definition) is 0. The number of halogens is 3. The molecule has 3 rings (SSSR count). The molecule has 0 heterocycles. The predicted molar refractivity (Wildman–Crippen MR) is 118 cm³/mol. The molecular weight excluding hydrogens is 385 g/mol. The lowest BCUT2D eigenvalue weighted by molar-refractivity contribution is -0.0505. The Hall–Kier alpha value is -2.23. The molecule has 1 aliphatic rings. The van der Waals surface area contributed by atoms with Crippen LogP contribution in [0.5, 0.6) is 5.75 Å². The molecule has 0 saturated heterocycles. The van der Waals surface area contributed by atoms with Crippen LogP contribution in [0.2, 0.25) is 0 Å². The Morgan fingerprint density at radius 3 is 2.57 bits per heavy atom. The summed E-state index contributed by atoms with van der Waals surface area (Å²) in [6, 6.07) is 7.32. The average molecular weight is 417 g/mol. The van der Waals surface area contributed by atoms with E-state index < -0.39 is 12.4 Å². The molecule has 1 nitrogen and oxygen atoms in total. The van der Waals surface area contributed by atoms with Gasteiger partial charge < -0.3 is 4.74 Å². The molecule has 2 aromatic rings. The Morgan fingerprint density at radius 1 is 1.13 bits per heavy atom. The van der Waals surface area contributed by atoms with Crippen molar-refractivity contribution in [3.8, 4) is 5.75 Å². The minimum absolute atomic E-state index is 0.0679. The molecule has 0 bridgehead atoms. The highest BCUT2D eigenvalue weighted by atomic mass is 19.3. The smallest absolute Gasteiger partial charge is 0.387 e. The topological polar surface area (TPSA) is 9.23 Å². The predicted octanol–water partition coefficient (Wildman–Crippen LogP) is 8.33. The summed E-state index contributed by atoms with van der Waals surface area (Å²) in [5.41, 5.74) is 1.35. The Bertz CT molecular complexity index is 879. The first-order valence-corrected chi connectivity index (χ1v) is 10.9. The first kappa shape index (κ1) is 22.5. The normalized spacial score (nSPS) is 19.6. The third kappa shape index (κ3) is 5.47. The summed E-state index contributed by atoms with van der Waals surface area (Å²) in [4.78, 5) is 0. The molecule has 1 aliphatic carbocycles. The Balaban J connectivity index is 1.82. The highest BCUT2D eigenvalue weighted by molar-refractivity contribution is 5.86. The van der Waals surface area contributed by atoms with Crippen LogP contribution < -0.4 is 4.74 Å². The van der Waals surface area contributed by atoms with Crippen molar-refractivity contribution in [2.45, 2.75) is 70.8 Å². The van der Waals surface area contributed by atoms with Gasteiger partial charge in [0, 0.05) is 10.9 Å². The van der Waals surface area contributed by atoms with E-state index in [1.54, 1.807) is 18.2 Å². The van der Waals surface area contributed by atoms with Crippen LogP contribution in [-0.4, -0.2) is 6.61 Å². The SMILES string of the molecule is C=CCCc1c(OC(F)F)cc2cc(C3CCC(CC/C=C/C)CC3)ccc2c1F. The molecule has 0 spiro atoms. The standard InChI is InChI=1S/C26H31F3O/c1-3-5-7-8-18-10-12-19(13-11-18)20-14-15-22-21(16-20)17-24(30-26(28)29)23(25(22)27)9-6-4-2/h3-5,14-19,26H,2,6-13H2,1H3/b5-3+. The van der Waals surface area contributed by atoms with Crippen molar-refractivity contribution in [3.63, 3.8) is 0 Å². The van der Waals surface area contributed by atoms with E-state index in [0.717, 1.165) is 30.7 Å². The monoisotopic (exact) mass is 416 g/mol. The Kier molecular flexibility index (Phi) is 8.01. The van der Waals surface area contributed by atoms with Crippen LogP contribution in [-0.2, 0) is 6.42 Å². The van der Waals surface area contributed by atoms with Crippen molar-refractivity contribution in [3.05, 3.63) is 66.0 Å². The minimum atomic E-state index is -2.98. The Labute approximate surface area is 177 Å². The third-order valence-electron chi connectivity index (χ3n) is 6.27. The highest BCUT2D eigenvalue weighted by Gasteiger charge is 2.23. The van der Waals surface area contributed by atoms with Gasteiger partial charge in [-0.05, 0) is 87.1 Å². The van der Waals surface area contributed by atoms with Gasteiger partial charge in [-0.25, -0.2) is 4.39 Å². The van der Waals surface area contributed by atoms with E-state index in [1.807, 2.05) is 12.1 Å². The van der Waals surface area contributed by atoms with E-state index in [4.69, 9.17) is 0 Å². The van der Waals surface area contributed by atoms with Crippen LogP contribution in [0, 0.1) is 11.7 Å².